The van der Waals surface area contributed by atoms with Gasteiger partial charge in [-0.15, -0.1) is 5.10 Å². The number of pyridine rings is 1. The Morgan fingerprint density at radius 3 is 2.62 bits per heavy atom. The fourth-order valence-electron chi connectivity index (χ4n) is 5.35. The van der Waals surface area contributed by atoms with Gasteiger partial charge in [-0.2, -0.15) is 5.26 Å². The van der Waals surface area contributed by atoms with Gasteiger partial charge in [0, 0.05) is 23.3 Å². The Morgan fingerprint density at radius 2 is 1.93 bits per heavy atom. The highest BCUT2D eigenvalue weighted by Crippen LogP contribution is 2.38. The van der Waals surface area contributed by atoms with Gasteiger partial charge in [0.25, 0.3) is 0 Å². The molecule has 2 N–H and O–H groups in total. The number of rotatable bonds is 10. The average Bonchev–Trinajstić information content (AvgIpc) is 3.73. The molecule has 6 rings (SSSR count). The first-order chi connectivity index (χ1) is 20.4. The summed E-state index contributed by atoms with van der Waals surface area (Å²) in [5.41, 5.74) is 4.31. The molecule has 0 bridgehead atoms. The average molecular weight is 578 g/mol. The Bertz CT molecular complexity index is 1770. The van der Waals surface area contributed by atoms with Crippen LogP contribution in [0.3, 0.4) is 0 Å². The minimum absolute atomic E-state index is 0.0856. The van der Waals surface area contributed by atoms with Gasteiger partial charge in [0.1, 0.15) is 25.4 Å². The lowest BCUT2D eigenvalue weighted by molar-refractivity contribution is 0.610. The van der Waals surface area contributed by atoms with Crippen LogP contribution in [0.5, 0.6) is 0 Å². The zero-order valence-corrected chi connectivity index (χ0v) is 24.2. The van der Waals surface area contributed by atoms with E-state index in [1.165, 1.54) is 17.7 Å². The zero-order chi connectivity index (χ0) is 29.3. The fraction of sp³-hybridized carbons (Fsp3) is 0.250. The van der Waals surface area contributed by atoms with Crippen LogP contribution in [-0.2, 0) is 11.9 Å². The molecule has 0 saturated heterocycles. The topological polar surface area (TPSA) is 91.5 Å². The van der Waals surface area contributed by atoms with Gasteiger partial charge in [-0.1, -0.05) is 66.2 Å². The molecule has 0 aliphatic heterocycles. The predicted molar refractivity (Wildman–Crippen MR) is 167 cm³/mol. The van der Waals surface area contributed by atoms with Crippen molar-refractivity contribution in [3.05, 3.63) is 112 Å². The highest BCUT2D eigenvalue weighted by Gasteiger charge is 2.34. The molecule has 3 aromatic carbocycles. The quantitative estimate of drug-likeness (QED) is 0.192. The van der Waals surface area contributed by atoms with E-state index >= 15 is 0 Å². The summed E-state index contributed by atoms with van der Waals surface area (Å²) in [5.74, 6) is -0.316. The number of nitrogens with zero attached hydrogens (tertiary/aromatic N) is 5. The van der Waals surface area contributed by atoms with Crippen molar-refractivity contribution in [1.29, 1.82) is 5.26 Å². The van der Waals surface area contributed by atoms with Crippen LogP contribution in [0, 0.1) is 17.1 Å². The van der Waals surface area contributed by atoms with Crippen molar-refractivity contribution < 1.29 is 4.39 Å². The monoisotopic (exact) mass is 577 g/mol. The van der Waals surface area contributed by atoms with E-state index in [1.54, 1.807) is 18.3 Å². The van der Waals surface area contributed by atoms with Crippen molar-refractivity contribution in [1.82, 2.24) is 20.0 Å². The van der Waals surface area contributed by atoms with Crippen molar-refractivity contribution in [3.63, 3.8) is 0 Å². The maximum Gasteiger partial charge on any atom is 0.148 e. The van der Waals surface area contributed by atoms with Crippen LogP contribution in [0.4, 0.5) is 15.8 Å². The van der Waals surface area contributed by atoms with Crippen molar-refractivity contribution in [2.45, 2.75) is 50.1 Å². The first-order valence-electron chi connectivity index (χ1n) is 14.2. The molecule has 0 spiro atoms. The zero-order valence-electron chi connectivity index (χ0n) is 23.5. The fourth-order valence-corrected chi connectivity index (χ4v) is 5.62. The van der Waals surface area contributed by atoms with Gasteiger partial charge in [0.05, 0.1) is 39.5 Å². The number of halogens is 2. The molecule has 2 atom stereocenters. The van der Waals surface area contributed by atoms with E-state index in [2.05, 4.69) is 51.1 Å². The molecule has 2 unspecified atom stereocenters. The molecule has 7 nitrogen and oxygen atoms in total. The summed E-state index contributed by atoms with van der Waals surface area (Å²) in [6.45, 7) is 2.12. The molecular weight excluding hydrogens is 548 g/mol. The van der Waals surface area contributed by atoms with Crippen molar-refractivity contribution in [2.75, 3.05) is 10.6 Å². The second kappa shape index (κ2) is 11.5. The number of nitrogens with one attached hydrogen (secondary N) is 2. The summed E-state index contributed by atoms with van der Waals surface area (Å²) >= 11 is 6.83. The number of hydrogen-bond donors (Lipinski definition) is 2. The van der Waals surface area contributed by atoms with Crippen LogP contribution in [0.25, 0.3) is 10.9 Å². The lowest BCUT2D eigenvalue weighted by atomic mass is 9.69. The van der Waals surface area contributed by atoms with Crippen LogP contribution in [0.15, 0.2) is 79.1 Å². The van der Waals surface area contributed by atoms with Crippen LogP contribution in [-0.4, -0.2) is 33.9 Å². The van der Waals surface area contributed by atoms with Gasteiger partial charge >= 0.3 is 0 Å². The van der Waals surface area contributed by atoms with E-state index in [0.29, 0.717) is 39.2 Å². The number of nitriles is 1. The Hall–Kier alpha value is -4.42. The van der Waals surface area contributed by atoms with Gasteiger partial charge < -0.3 is 10.6 Å². The van der Waals surface area contributed by atoms with Gasteiger partial charge in [0.15, 0.2) is 0 Å². The van der Waals surface area contributed by atoms with Crippen LogP contribution in [0.1, 0.15) is 54.6 Å². The van der Waals surface area contributed by atoms with Crippen LogP contribution < -0.4 is 10.6 Å². The molecule has 1 aliphatic rings. The highest BCUT2D eigenvalue weighted by molar-refractivity contribution is 6.36. The first-order valence-corrected chi connectivity index (χ1v) is 14.5. The maximum absolute atomic E-state index is 13.9. The summed E-state index contributed by atoms with van der Waals surface area (Å²) in [4.78, 5) is 4.53. The standard InChI is InChI=1S/C32H30BClFN7/c1-2-24(14-20-6-4-3-5-7-20)38-30-21(17-36)18-37-31-27(30)15-25(16-28(31)34)39-32(33,22-8-10-23(35)11-9-22)29-19-42(41-40-29)26-12-13-26/h3-11,15-16,18-19,24,26,39H,2,12-14,33H2,1H3,(H,37,38). The van der Waals surface area contributed by atoms with Gasteiger partial charge in [-0.3, -0.25) is 4.98 Å². The molecule has 2 aromatic heterocycles. The molecule has 0 amide bonds. The molecular formula is C32H30BClFN7. The third-order valence-electron chi connectivity index (χ3n) is 7.97. The smallest absolute Gasteiger partial charge is 0.148 e. The highest BCUT2D eigenvalue weighted by atomic mass is 35.5. The Balaban J connectivity index is 1.42. The third-order valence-corrected chi connectivity index (χ3v) is 8.26. The van der Waals surface area contributed by atoms with Crippen molar-refractivity contribution in [3.8, 4) is 6.07 Å². The summed E-state index contributed by atoms with van der Waals surface area (Å²) < 4.78 is 15.8. The molecule has 5 aromatic rings. The number of benzene rings is 3. The van der Waals surface area contributed by atoms with E-state index in [0.717, 1.165) is 36.6 Å². The van der Waals surface area contributed by atoms with E-state index in [1.807, 2.05) is 49.1 Å². The van der Waals surface area contributed by atoms with Crippen molar-refractivity contribution in [2.24, 2.45) is 0 Å². The summed E-state index contributed by atoms with van der Waals surface area (Å²) in [6, 6.07) is 23.2. The van der Waals surface area contributed by atoms with E-state index < -0.39 is 5.44 Å². The molecule has 1 aliphatic carbocycles. The molecule has 0 radical (unpaired) electrons. The lowest BCUT2D eigenvalue weighted by Crippen LogP contribution is -2.37. The van der Waals surface area contributed by atoms with Gasteiger partial charge in [-0.05, 0) is 61.1 Å². The van der Waals surface area contributed by atoms with Crippen molar-refractivity contribution >= 4 is 41.7 Å². The second-order valence-electron chi connectivity index (χ2n) is 11.0. The summed E-state index contributed by atoms with van der Waals surface area (Å²) in [5, 5.41) is 27.4. The molecule has 42 heavy (non-hydrogen) atoms. The van der Waals surface area contributed by atoms with E-state index in [-0.39, 0.29) is 11.9 Å². The number of aromatic nitrogens is 4. The van der Waals surface area contributed by atoms with Gasteiger partial charge in [-0.25, -0.2) is 9.07 Å². The predicted octanol–water partition coefficient (Wildman–Crippen LogP) is 6.20. The molecule has 2 heterocycles. The maximum atomic E-state index is 13.9. The minimum Gasteiger partial charge on any atom is -0.380 e. The largest absolute Gasteiger partial charge is 0.380 e. The minimum atomic E-state index is -0.856. The van der Waals surface area contributed by atoms with E-state index in [9.17, 15) is 9.65 Å². The summed E-state index contributed by atoms with van der Waals surface area (Å²) in [6.07, 6.45) is 7.34. The van der Waals surface area contributed by atoms with Crippen LogP contribution >= 0.6 is 11.6 Å². The second-order valence-corrected chi connectivity index (χ2v) is 11.4. The number of anilines is 2. The number of hydrogen-bond acceptors (Lipinski definition) is 6. The van der Waals surface area contributed by atoms with Gasteiger partial charge in [0.2, 0.25) is 0 Å². The Morgan fingerprint density at radius 1 is 1.17 bits per heavy atom. The Labute approximate surface area is 250 Å². The Kier molecular flexibility index (Phi) is 7.57. The first kappa shape index (κ1) is 27.7. The lowest BCUT2D eigenvalue weighted by Gasteiger charge is -2.31. The molecule has 1 fully saturated rings. The SMILES string of the molecule is BC(Nc1cc(Cl)c2ncc(C#N)c(NC(CC)Cc3ccccc3)c2c1)(c1ccc(F)cc1)c1cn(C2CC2)nn1. The third kappa shape index (κ3) is 5.55. The van der Waals surface area contributed by atoms with E-state index in [4.69, 9.17) is 11.6 Å². The molecule has 10 heteroatoms. The summed E-state index contributed by atoms with van der Waals surface area (Å²) in [7, 11) is 2.00. The molecule has 1 saturated carbocycles. The molecule has 210 valence electrons. The number of fused-ring (bicyclic) bond motifs is 1. The normalized spacial score (nSPS) is 15.1. The van der Waals surface area contributed by atoms with Crippen LogP contribution in [0.2, 0.25) is 5.02 Å².